The Morgan fingerprint density at radius 1 is 1.50 bits per heavy atom. The standard InChI is InChI=1S/C18H27N5O/c1-12-6-5-7-23(10-12)11-13(2)20-18(24)15-8-16-14(3)21-22(4)17(16)19-9-15/h8-9,12-13H,5-7,10-11H2,1-4H3,(H,20,24)/t12-,13+/m1/s1. The Labute approximate surface area is 143 Å². The van der Waals surface area contributed by atoms with Crippen molar-refractivity contribution in [3.63, 3.8) is 0 Å². The SMILES string of the molecule is Cc1nn(C)c2ncc(C(=O)N[C@@H](C)CN3CCC[C@@H](C)C3)cc12. The maximum atomic E-state index is 12.5. The summed E-state index contributed by atoms with van der Waals surface area (Å²) in [5.41, 5.74) is 2.29. The van der Waals surface area contributed by atoms with Crippen molar-refractivity contribution < 1.29 is 4.79 Å². The van der Waals surface area contributed by atoms with E-state index in [4.69, 9.17) is 0 Å². The van der Waals surface area contributed by atoms with Crippen molar-refractivity contribution in [3.05, 3.63) is 23.5 Å². The van der Waals surface area contributed by atoms with Crippen LogP contribution in [0.25, 0.3) is 11.0 Å². The second-order valence-corrected chi connectivity index (χ2v) is 7.19. The van der Waals surface area contributed by atoms with Gasteiger partial charge in [-0.1, -0.05) is 6.92 Å². The lowest BCUT2D eigenvalue weighted by Crippen LogP contribution is -2.45. The highest BCUT2D eigenvalue weighted by atomic mass is 16.1. The van der Waals surface area contributed by atoms with Gasteiger partial charge >= 0.3 is 0 Å². The molecule has 1 amide bonds. The first-order chi connectivity index (χ1) is 11.4. The van der Waals surface area contributed by atoms with Crippen molar-refractivity contribution in [1.29, 1.82) is 0 Å². The predicted octanol–water partition coefficient (Wildman–Crippen LogP) is 2.13. The van der Waals surface area contributed by atoms with Crippen LogP contribution in [0.1, 0.15) is 42.7 Å². The van der Waals surface area contributed by atoms with Gasteiger partial charge in [0.2, 0.25) is 0 Å². The number of hydrogen-bond donors (Lipinski definition) is 1. The third kappa shape index (κ3) is 3.59. The van der Waals surface area contributed by atoms with Gasteiger partial charge in [-0.2, -0.15) is 5.10 Å². The number of likely N-dealkylation sites (tertiary alicyclic amines) is 1. The molecule has 130 valence electrons. The van der Waals surface area contributed by atoms with Crippen LogP contribution in [0.2, 0.25) is 0 Å². The number of rotatable bonds is 4. The number of carbonyl (C=O) groups is 1. The maximum Gasteiger partial charge on any atom is 0.253 e. The highest BCUT2D eigenvalue weighted by molar-refractivity contribution is 5.97. The molecule has 1 aliphatic rings. The molecule has 0 radical (unpaired) electrons. The molecule has 1 aliphatic heterocycles. The number of aromatic nitrogens is 3. The van der Waals surface area contributed by atoms with Crippen molar-refractivity contribution in [2.24, 2.45) is 13.0 Å². The van der Waals surface area contributed by atoms with E-state index in [0.717, 1.165) is 42.3 Å². The van der Waals surface area contributed by atoms with Crippen molar-refractivity contribution >= 4 is 16.9 Å². The summed E-state index contributed by atoms with van der Waals surface area (Å²) in [4.78, 5) is 19.4. The van der Waals surface area contributed by atoms with E-state index in [1.807, 2.05) is 20.0 Å². The van der Waals surface area contributed by atoms with E-state index >= 15 is 0 Å². The van der Waals surface area contributed by atoms with Crippen molar-refractivity contribution in [1.82, 2.24) is 25.0 Å². The number of pyridine rings is 1. The van der Waals surface area contributed by atoms with Crippen molar-refractivity contribution in [3.8, 4) is 0 Å². The number of fused-ring (bicyclic) bond motifs is 1. The van der Waals surface area contributed by atoms with Gasteiger partial charge in [0.1, 0.15) is 0 Å². The molecular weight excluding hydrogens is 302 g/mol. The molecule has 0 spiro atoms. The highest BCUT2D eigenvalue weighted by Crippen LogP contribution is 2.17. The molecule has 6 heteroatoms. The highest BCUT2D eigenvalue weighted by Gasteiger charge is 2.19. The van der Waals surface area contributed by atoms with Crippen LogP contribution < -0.4 is 5.32 Å². The van der Waals surface area contributed by atoms with Gasteiger partial charge in [-0.3, -0.25) is 9.48 Å². The van der Waals surface area contributed by atoms with Gasteiger partial charge in [-0.25, -0.2) is 4.98 Å². The molecular formula is C18H27N5O. The van der Waals surface area contributed by atoms with Gasteiger partial charge in [-0.05, 0) is 45.2 Å². The van der Waals surface area contributed by atoms with Gasteiger partial charge in [-0.15, -0.1) is 0 Å². The van der Waals surface area contributed by atoms with Gasteiger partial charge in [0.25, 0.3) is 5.91 Å². The van der Waals surface area contributed by atoms with E-state index in [1.165, 1.54) is 12.8 Å². The average molecular weight is 329 g/mol. The topological polar surface area (TPSA) is 63.1 Å². The smallest absolute Gasteiger partial charge is 0.253 e. The van der Waals surface area contributed by atoms with Crippen LogP contribution in [0.4, 0.5) is 0 Å². The second-order valence-electron chi connectivity index (χ2n) is 7.19. The Hall–Kier alpha value is -1.95. The number of carbonyl (C=O) groups excluding carboxylic acids is 1. The van der Waals surface area contributed by atoms with Crippen LogP contribution in [0.15, 0.2) is 12.3 Å². The molecule has 2 aromatic heterocycles. The minimum Gasteiger partial charge on any atom is -0.348 e. The Morgan fingerprint density at radius 3 is 3.04 bits per heavy atom. The van der Waals surface area contributed by atoms with Gasteiger partial charge in [0.05, 0.1) is 11.3 Å². The lowest BCUT2D eigenvalue weighted by Gasteiger charge is -2.32. The van der Waals surface area contributed by atoms with E-state index in [-0.39, 0.29) is 11.9 Å². The summed E-state index contributed by atoms with van der Waals surface area (Å²) in [5.74, 6) is 0.687. The molecule has 2 aromatic rings. The molecule has 3 rings (SSSR count). The molecule has 6 nitrogen and oxygen atoms in total. The molecule has 3 heterocycles. The second kappa shape index (κ2) is 6.89. The van der Waals surface area contributed by atoms with Gasteiger partial charge < -0.3 is 10.2 Å². The van der Waals surface area contributed by atoms with Crippen LogP contribution >= 0.6 is 0 Å². The predicted molar refractivity (Wildman–Crippen MR) is 95.0 cm³/mol. The zero-order valence-electron chi connectivity index (χ0n) is 15.0. The molecule has 24 heavy (non-hydrogen) atoms. The zero-order valence-corrected chi connectivity index (χ0v) is 15.0. The molecule has 0 bridgehead atoms. The number of hydrogen-bond acceptors (Lipinski definition) is 4. The summed E-state index contributed by atoms with van der Waals surface area (Å²) >= 11 is 0. The van der Waals surface area contributed by atoms with Crippen LogP contribution in [-0.4, -0.2) is 51.2 Å². The minimum absolute atomic E-state index is 0.0646. The van der Waals surface area contributed by atoms with Crippen molar-refractivity contribution in [2.45, 2.75) is 39.7 Å². The van der Waals surface area contributed by atoms with E-state index in [9.17, 15) is 4.79 Å². The lowest BCUT2D eigenvalue weighted by atomic mass is 10.00. The van der Waals surface area contributed by atoms with Crippen LogP contribution in [0.5, 0.6) is 0 Å². The molecule has 0 saturated carbocycles. The average Bonchev–Trinajstić information content (AvgIpc) is 2.81. The Bertz CT molecular complexity index is 738. The Balaban J connectivity index is 1.64. The summed E-state index contributed by atoms with van der Waals surface area (Å²) in [6.45, 7) is 9.46. The van der Waals surface area contributed by atoms with E-state index in [0.29, 0.717) is 5.56 Å². The monoisotopic (exact) mass is 329 g/mol. The third-order valence-electron chi connectivity index (χ3n) is 4.78. The first-order valence-electron chi connectivity index (χ1n) is 8.76. The van der Waals surface area contributed by atoms with Crippen LogP contribution in [0.3, 0.4) is 0 Å². The van der Waals surface area contributed by atoms with Crippen LogP contribution in [-0.2, 0) is 7.05 Å². The summed E-state index contributed by atoms with van der Waals surface area (Å²) in [6, 6.07) is 2.00. The van der Waals surface area contributed by atoms with Crippen LogP contribution in [0, 0.1) is 12.8 Å². The minimum atomic E-state index is -0.0646. The van der Waals surface area contributed by atoms with E-state index in [2.05, 4.69) is 34.1 Å². The zero-order chi connectivity index (χ0) is 17.3. The third-order valence-corrected chi connectivity index (χ3v) is 4.78. The molecule has 1 N–H and O–H groups in total. The number of amides is 1. The fourth-order valence-corrected chi connectivity index (χ4v) is 3.62. The number of nitrogens with zero attached hydrogens (tertiary/aromatic N) is 4. The van der Waals surface area contributed by atoms with Gasteiger partial charge in [0.15, 0.2) is 5.65 Å². The van der Waals surface area contributed by atoms with Gasteiger partial charge in [0, 0.05) is 37.8 Å². The number of aryl methyl sites for hydroxylation is 2. The lowest BCUT2D eigenvalue weighted by molar-refractivity contribution is 0.0920. The summed E-state index contributed by atoms with van der Waals surface area (Å²) in [5, 5.41) is 8.39. The maximum absolute atomic E-state index is 12.5. The quantitative estimate of drug-likeness (QED) is 0.933. The summed E-state index contributed by atoms with van der Waals surface area (Å²) < 4.78 is 1.74. The fourth-order valence-electron chi connectivity index (χ4n) is 3.62. The molecule has 0 unspecified atom stereocenters. The summed E-state index contributed by atoms with van der Waals surface area (Å²) in [6.07, 6.45) is 4.20. The Kier molecular flexibility index (Phi) is 4.85. The molecule has 1 fully saturated rings. The molecule has 0 aliphatic carbocycles. The number of nitrogens with one attached hydrogen (secondary N) is 1. The first kappa shape index (κ1) is 16.9. The van der Waals surface area contributed by atoms with Crippen molar-refractivity contribution in [2.75, 3.05) is 19.6 Å². The first-order valence-corrected chi connectivity index (χ1v) is 8.76. The molecule has 0 aromatic carbocycles. The summed E-state index contributed by atoms with van der Waals surface area (Å²) in [7, 11) is 1.86. The van der Waals surface area contributed by atoms with E-state index < -0.39 is 0 Å². The number of piperidine rings is 1. The fraction of sp³-hybridized carbons (Fsp3) is 0.611. The molecule has 2 atom stereocenters. The molecule has 1 saturated heterocycles. The largest absolute Gasteiger partial charge is 0.348 e. The normalized spacial score (nSPS) is 20.2. The van der Waals surface area contributed by atoms with E-state index in [1.54, 1.807) is 10.9 Å². The Morgan fingerprint density at radius 2 is 2.29 bits per heavy atom.